The Morgan fingerprint density at radius 3 is 2.78 bits per heavy atom. The summed E-state index contributed by atoms with van der Waals surface area (Å²) >= 11 is 3.32. The Balaban J connectivity index is 1.96. The van der Waals surface area contributed by atoms with Crippen LogP contribution < -0.4 is 11.1 Å². The second-order valence-electron chi connectivity index (χ2n) is 4.70. The highest BCUT2D eigenvalue weighted by Gasteiger charge is 2.38. The number of nitrogens with two attached hydrogens (primary N) is 1. The third kappa shape index (κ3) is 2.84. The van der Waals surface area contributed by atoms with E-state index < -0.39 is 0 Å². The molecule has 1 fully saturated rings. The van der Waals surface area contributed by atoms with E-state index in [1.165, 1.54) is 0 Å². The third-order valence-corrected chi connectivity index (χ3v) is 4.18. The predicted molar refractivity (Wildman–Crippen MR) is 75.4 cm³/mol. The smallest absolute Gasteiger partial charge is 0.227 e. The van der Waals surface area contributed by atoms with Crippen LogP contribution in [0.25, 0.3) is 0 Å². The van der Waals surface area contributed by atoms with Crippen molar-refractivity contribution in [3.8, 4) is 0 Å². The normalized spacial score (nSPS) is 17.0. The highest BCUT2D eigenvalue weighted by Crippen LogP contribution is 2.38. The number of hydrogen-bond donors (Lipinski definition) is 2. The number of methoxy groups -OCH3 is 1. The molecule has 1 aliphatic carbocycles. The lowest BCUT2D eigenvalue weighted by molar-refractivity contribution is -0.129. The maximum atomic E-state index is 11.9. The van der Waals surface area contributed by atoms with Crippen molar-refractivity contribution in [2.45, 2.75) is 31.3 Å². The van der Waals surface area contributed by atoms with Gasteiger partial charge in [-0.1, -0.05) is 0 Å². The maximum absolute atomic E-state index is 11.9. The van der Waals surface area contributed by atoms with E-state index in [4.69, 9.17) is 10.5 Å². The molecule has 0 saturated heterocycles. The molecule has 0 atom stereocenters. The molecule has 5 heteroatoms. The van der Waals surface area contributed by atoms with Gasteiger partial charge in [0, 0.05) is 23.0 Å². The summed E-state index contributed by atoms with van der Waals surface area (Å²) in [5, 5.41) is 2.85. The number of amides is 1. The Kier molecular flexibility index (Phi) is 3.92. The van der Waals surface area contributed by atoms with Crippen molar-refractivity contribution < 1.29 is 9.53 Å². The van der Waals surface area contributed by atoms with Crippen LogP contribution in [-0.4, -0.2) is 18.6 Å². The number of nitrogens with one attached hydrogen (secondary N) is 1. The monoisotopic (exact) mass is 312 g/mol. The zero-order valence-corrected chi connectivity index (χ0v) is 11.9. The highest BCUT2D eigenvalue weighted by molar-refractivity contribution is 9.10. The van der Waals surface area contributed by atoms with Crippen LogP contribution in [0.3, 0.4) is 0 Å². The van der Waals surface area contributed by atoms with E-state index in [9.17, 15) is 4.79 Å². The van der Waals surface area contributed by atoms with Crippen molar-refractivity contribution in [1.82, 2.24) is 0 Å². The van der Waals surface area contributed by atoms with Crippen LogP contribution in [0.4, 0.5) is 11.4 Å². The zero-order chi connectivity index (χ0) is 13.2. The molecule has 18 heavy (non-hydrogen) atoms. The molecule has 0 unspecified atom stereocenters. The van der Waals surface area contributed by atoms with Gasteiger partial charge in [-0.3, -0.25) is 4.79 Å². The average molecular weight is 313 g/mol. The van der Waals surface area contributed by atoms with Gasteiger partial charge in [0.25, 0.3) is 0 Å². The van der Waals surface area contributed by atoms with Gasteiger partial charge in [-0.05, 0) is 53.4 Å². The van der Waals surface area contributed by atoms with Gasteiger partial charge in [0.2, 0.25) is 5.91 Å². The fourth-order valence-electron chi connectivity index (χ4n) is 2.14. The number of ether oxygens (including phenoxy) is 1. The van der Waals surface area contributed by atoms with Crippen molar-refractivity contribution >= 4 is 33.2 Å². The molecular weight excluding hydrogens is 296 g/mol. The van der Waals surface area contributed by atoms with Crippen molar-refractivity contribution in [3.05, 3.63) is 22.7 Å². The van der Waals surface area contributed by atoms with Crippen LogP contribution in [0.15, 0.2) is 22.7 Å². The van der Waals surface area contributed by atoms with Crippen LogP contribution in [0, 0.1) is 0 Å². The fraction of sp³-hybridized carbons (Fsp3) is 0.462. The number of carbonyl (C=O) groups is 1. The van der Waals surface area contributed by atoms with Gasteiger partial charge in [-0.25, -0.2) is 0 Å². The van der Waals surface area contributed by atoms with Crippen LogP contribution in [0.2, 0.25) is 0 Å². The van der Waals surface area contributed by atoms with E-state index in [0.717, 1.165) is 23.7 Å². The van der Waals surface area contributed by atoms with Gasteiger partial charge in [0.1, 0.15) is 0 Å². The van der Waals surface area contributed by atoms with Crippen molar-refractivity contribution in [3.63, 3.8) is 0 Å². The average Bonchev–Trinajstić information content (AvgIpc) is 2.29. The number of nitrogen functional groups attached to an aromatic ring is 1. The van der Waals surface area contributed by atoms with E-state index in [1.807, 2.05) is 12.1 Å². The van der Waals surface area contributed by atoms with Gasteiger partial charge < -0.3 is 15.8 Å². The van der Waals surface area contributed by atoms with Crippen molar-refractivity contribution in [2.75, 3.05) is 18.2 Å². The molecule has 1 aromatic rings. The zero-order valence-electron chi connectivity index (χ0n) is 10.3. The molecular formula is C13H17BrN2O2. The first-order valence-electron chi connectivity index (χ1n) is 5.95. The van der Waals surface area contributed by atoms with Gasteiger partial charge in [-0.2, -0.15) is 0 Å². The summed E-state index contributed by atoms with van der Waals surface area (Å²) < 4.78 is 6.26. The quantitative estimate of drug-likeness (QED) is 0.840. The van der Waals surface area contributed by atoms with E-state index in [0.29, 0.717) is 17.8 Å². The summed E-state index contributed by atoms with van der Waals surface area (Å²) in [4.78, 5) is 11.9. The molecule has 4 nitrogen and oxygen atoms in total. The molecule has 1 aromatic carbocycles. The molecule has 98 valence electrons. The fourth-order valence-corrected chi connectivity index (χ4v) is 2.39. The van der Waals surface area contributed by atoms with Gasteiger partial charge in [-0.15, -0.1) is 0 Å². The molecule has 1 saturated carbocycles. The summed E-state index contributed by atoms with van der Waals surface area (Å²) in [6.07, 6.45) is 3.45. The number of benzene rings is 1. The van der Waals surface area contributed by atoms with Crippen LogP contribution in [0.5, 0.6) is 0 Å². The molecule has 0 bridgehead atoms. The van der Waals surface area contributed by atoms with E-state index in [2.05, 4.69) is 21.2 Å². The molecule has 0 heterocycles. The third-order valence-electron chi connectivity index (χ3n) is 3.46. The molecule has 1 amide bonds. The molecule has 0 radical (unpaired) electrons. The summed E-state index contributed by atoms with van der Waals surface area (Å²) in [6.45, 7) is 0. The number of carbonyl (C=O) groups excluding carboxylic acids is 1. The minimum absolute atomic E-state index is 0.0294. The first-order chi connectivity index (χ1) is 8.54. The number of rotatable bonds is 4. The van der Waals surface area contributed by atoms with Gasteiger partial charge in [0.05, 0.1) is 12.0 Å². The van der Waals surface area contributed by atoms with Crippen LogP contribution in [-0.2, 0) is 9.53 Å². The largest absolute Gasteiger partial charge is 0.398 e. The minimum Gasteiger partial charge on any atom is -0.398 e. The number of anilines is 2. The maximum Gasteiger partial charge on any atom is 0.227 e. The van der Waals surface area contributed by atoms with Gasteiger partial charge >= 0.3 is 0 Å². The number of halogens is 1. The first-order valence-corrected chi connectivity index (χ1v) is 6.74. The summed E-state index contributed by atoms with van der Waals surface area (Å²) in [6, 6.07) is 5.38. The first kappa shape index (κ1) is 13.4. The van der Waals surface area contributed by atoms with E-state index in [-0.39, 0.29) is 11.5 Å². The lowest BCUT2D eigenvalue weighted by Gasteiger charge is -2.39. The molecule has 3 N–H and O–H groups in total. The summed E-state index contributed by atoms with van der Waals surface area (Å²) in [5.74, 6) is -0.0294. The minimum atomic E-state index is -0.245. The highest BCUT2D eigenvalue weighted by atomic mass is 79.9. The Labute approximate surface area is 115 Å². The second-order valence-corrected chi connectivity index (χ2v) is 5.56. The Morgan fingerprint density at radius 2 is 2.28 bits per heavy atom. The Morgan fingerprint density at radius 1 is 1.56 bits per heavy atom. The summed E-state index contributed by atoms with van der Waals surface area (Å²) in [7, 11) is 1.67. The van der Waals surface area contributed by atoms with Crippen molar-refractivity contribution in [1.29, 1.82) is 0 Å². The molecule has 0 aliphatic heterocycles. The van der Waals surface area contributed by atoms with Crippen LogP contribution >= 0.6 is 15.9 Å². The Bertz CT molecular complexity index is 453. The topological polar surface area (TPSA) is 64.3 Å². The predicted octanol–water partition coefficient (Wildman–Crippen LogP) is 2.93. The van der Waals surface area contributed by atoms with E-state index >= 15 is 0 Å². The lowest BCUT2D eigenvalue weighted by atomic mass is 9.77. The Hall–Kier alpha value is -1.07. The lowest BCUT2D eigenvalue weighted by Crippen LogP contribution is -2.42. The molecule has 0 aromatic heterocycles. The number of hydrogen-bond acceptors (Lipinski definition) is 3. The van der Waals surface area contributed by atoms with Gasteiger partial charge in [0.15, 0.2) is 0 Å². The standard InChI is InChI=1S/C13H17BrN2O2/c1-18-13(5-2-6-13)8-12(17)16-9-3-4-10(14)11(15)7-9/h3-4,7H,2,5-6,8,15H2,1H3,(H,16,17). The van der Waals surface area contributed by atoms with Crippen LogP contribution in [0.1, 0.15) is 25.7 Å². The molecule has 1 aliphatic rings. The van der Waals surface area contributed by atoms with E-state index in [1.54, 1.807) is 13.2 Å². The molecule has 0 spiro atoms. The van der Waals surface area contributed by atoms with Crippen molar-refractivity contribution in [2.24, 2.45) is 0 Å². The SMILES string of the molecule is COC1(CC(=O)Nc2ccc(Br)c(N)c2)CCC1. The molecule has 2 rings (SSSR count). The summed E-state index contributed by atoms with van der Waals surface area (Å²) in [5.41, 5.74) is 6.84. The second kappa shape index (κ2) is 5.28.